The molecule has 2 N–H and O–H groups in total. The van der Waals surface area contributed by atoms with Crippen LogP contribution < -0.4 is 5.32 Å². The van der Waals surface area contributed by atoms with Gasteiger partial charge in [-0.15, -0.1) is 0 Å². The molecule has 2 aromatic carbocycles. The Morgan fingerprint density at radius 2 is 1.86 bits per heavy atom. The van der Waals surface area contributed by atoms with Crippen molar-refractivity contribution in [3.8, 4) is 22.5 Å². The lowest BCUT2D eigenvalue weighted by atomic mass is 10.1. The van der Waals surface area contributed by atoms with Crippen molar-refractivity contribution >= 4 is 35.1 Å². The van der Waals surface area contributed by atoms with Gasteiger partial charge in [-0.3, -0.25) is 14.7 Å². The summed E-state index contributed by atoms with van der Waals surface area (Å²) in [6, 6.07) is 14.3. The number of H-pyrrole nitrogens is 1. The molecule has 8 heteroatoms. The summed E-state index contributed by atoms with van der Waals surface area (Å²) in [4.78, 5) is 23.3. The Bertz CT molecular complexity index is 1020. The number of methoxy groups -OCH3 is 1. The third kappa shape index (κ3) is 5.37. The number of nitrogens with zero attached hydrogens (tertiary/aromatic N) is 1. The normalized spacial score (nSPS) is 10.6. The molecule has 0 aliphatic rings. The van der Waals surface area contributed by atoms with Gasteiger partial charge in [-0.25, -0.2) is 0 Å². The number of aromatic nitrogens is 2. The van der Waals surface area contributed by atoms with Crippen LogP contribution in [0.1, 0.15) is 23.2 Å². The molecule has 0 spiro atoms. The number of amides is 1. The average Bonchev–Trinajstić information content (AvgIpc) is 3.20. The Balaban J connectivity index is 1.64. The predicted octanol–water partition coefficient (Wildman–Crippen LogP) is 4.73. The summed E-state index contributed by atoms with van der Waals surface area (Å²) in [6.07, 6.45) is 0.800. The van der Waals surface area contributed by atoms with Crippen LogP contribution in [0.15, 0.2) is 48.5 Å². The fourth-order valence-corrected chi connectivity index (χ4v) is 3.26. The molecule has 1 aromatic heterocycles. The number of esters is 1. The molecule has 150 valence electrons. The van der Waals surface area contributed by atoms with E-state index in [1.54, 1.807) is 24.3 Å². The van der Waals surface area contributed by atoms with Crippen molar-refractivity contribution in [2.45, 2.75) is 12.8 Å². The van der Waals surface area contributed by atoms with Crippen molar-refractivity contribution in [2.24, 2.45) is 0 Å². The molecular weight excluding hydrogens is 413 g/mol. The van der Waals surface area contributed by atoms with Gasteiger partial charge in [0.05, 0.1) is 23.5 Å². The van der Waals surface area contributed by atoms with E-state index < -0.39 is 0 Å². The molecule has 0 atom stereocenters. The predicted molar refractivity (Wildman–Crippen MR) is 113 cm³/mol. The van der Waals surface area contributed by atoms with Gasteiger partial charge in [-0.1, -0.05) is 35.3 Å². The third-order valence-corrected chi connectivity index (χ3v) is 4.86. The van der Waals surface area contributed by atoms with E-state index in [0.717, 1.165) is 22.5 Å². The first kappa shape index (κ1) is 20.9. The van der Waals surface area contributed by atoms with Gasteiger partial charge in [0, 0.05) is 34.7 Å². The minimum absolute atomic E-state index is 0.197. The van der Waals surface area contributed by atoms with Crippen LogP contribution in [0.2, 0.25) is 10.0 Å². The first-order chi connectivity index (χ1) is 14.0. The van der Waals surface area contributed by atoms with Gasteiger partial charge >= 0.3 is 5.97 Å². The van der Waals surface area contributed by atoms with Gasteiger partial charge in [-0.05, 0) is 42.8 Å². The molecule has 0 unspecified atom stereocenters. The van der Waals surface area contributed by atoms with E-state index in [2.05, 4.69) is 20.3 Å². The maximum absolute atomic E-state index is 12.2. The molecule has 3 aromatic rings. The molecule has 0 bridgehead atoms. The summed E-state index contributed by atoms with van der Waals surface area (Å²) < 4.78 is 4.57. The highest BCUT2D eigenvalue weighted by Crippen LogP contribution is 2.31. The second kappa shape index (κ2) is 9.58. The first-order valence-corrected chi connectivity index (χ1v) is 9.70. The van der Waals surface area contributed by atoms with Crippen LogP contribution in [0.3, 0.4) is 0 Å². The summed E-state index contributed by atoms with van der Waals surface area (Å²) in [7, 11) is 1.34. The van der Waals surface area contributed by atoms with E-state index in [-0.39, 0.29) is 18.3 Å². The van der Waals surface area contributed by atoms with Crippen LogP contribution in [0.4, 0.5) is 0 Å². The van der Waals surface area contributed by atoms with Gasteiger partial charge in [0.25, 0.3) is 5.91 Å². The van der Waals surface area contributed by atoms with Crippen LogP contribution in [0.25, 0.3) is 22.5 Å². The summed E-state index contributed by atoms with van der Waals surface area (Å²) in [5, 5.41) is 11.2. The van der Waals surface area contributed by atoms with Crippen LogP contribution in [-0.4, -0.2) is 35.7 Å². The number of rotatable bonds is 7. The molecule has 3 rings (SSSR count). The van der Waals surface area contributed by atoms with E-state index in [1.165, 1.54) is 7.11 Å². The Morgan fingerprint density at radius 3 is 2.55 bits per heavy atom. The molecular formula is C21H19Cl2N3O3. The first-order valence-electron chi connectivity index (χ1n) is 8.94. The molecule has 29 heavy (non-hydrogen) atoms. The zero-order valence-corrected chi connectivity index (χ0v) is 17.2. The molecule has 1 amide bonds. The quantitative estimate of drug-likeness (QED) is 0.418. The lowest BCUT2D eigenvalue weighted by Gasteiger charge is -2.05. The van der Waals surface area contributed by atoms with Crippen LogP contribution in [-0.2, 0) is 9.53 Å². The maximum atomic E-state index is 12.2. The van der Waals surface area contributed by atoms with E-state index in [1.807, 2.05) is 24.3 Å². The second-order valence-corrected chi connectivity index (χ2v) is 7.15. The lowest BCUT2D eigenvalue weighted by molar-refractivity contribution is -0.140. The molecule has 0 aliphatic heterocycles. The lowest BCUT2D eigenvalue weighted by Crippen LogP contribution is -2.24. The molecule has 0 aliphatic carbocycles. The van der Waals surface area contributed by atoms with E-state index in [4.69, 9.17) is 23.2 Å². The third-order valence-electron chi connectivity index (χ3n) is 4.31. The summed E-state index contributed by atoms with van der Waals surface area (Å²) in [5.41, 5.74) is 3.70. The highest BCUT2D eigenvalue weighted by molar-refractivity contribution is 6.36. The van der Waals surface area contributed by atoms with Crippen molar-refractivity contribution < 1.29 is 14.3 Å². The topological polar surface area (TPSA) is 84.1 Å². The van der Waals surface area contributed by atoms with E-state index in [0.29, 0.717) is 28.6 Å². The zero-order chi connectivity index (χ0) is 20.8. The summed E-state index contributed by atoms with van der Waals surface area (Å²) >= 11 is 12.2. The van der Waals surface area contributed by atoms with Gasteiger partial charge < -0.3 is 10.1 Å². The largest absolute Gasteiger partial charge is 0.469 e. The molecule has 0 radical (unpaired) electrons. The molecule has 1 heterocycles. The number of hydrogen-bond donors (Lipinski definition) is 2. The number of ether oxygens (including phenoxy) is 1. The molecule has 0 fully saturated rings. The second-order valence-electron chi connectivity index (χ2n) is 6.30. The fourth-order valence-electron chi connectivity index (χ4n) is 2.75. The van der Waals surface area contributed by atoms with Crippen LogP contribution >= 0.6 is 23.2 Å². The Hall–Kier alpha value is -2.83. The summed E-state index contributed by atoms with van der Waals surface area (Å²) in [6.45, 7) is 0.403. The number of halogens is 2. The number of nitrogens with one attached hydrogen (secondary N) is 2. The van der Waals surface area contributed by atoms with Crippen molar-refractivity contribution in [1.82, 2.24) is 15.5 Å². The van der Waals surface area contributed by atoms with Crippen LogP contribution in [0.5, 0.6) is 0 Å². The number of carbonyl (C=O) groups is 2. The smallest absolute Gasteiger partial charge is 0.305 e. The SMILES string of the molecule is COC(=O)CCCNC(=O)c1ccc(-c2cc(-c3ccc(Cl)cc3Cl)[nH]n2)cc1. The highest BCUT2D eigenvalue weighted by Gasteiger charge is 2.11. The monoisotopic (exact) mass is 431 g/mol. The highest BCUT2D eigenvalue weighted by atomic mass is 35.5. The average molecular weight is 432 g/mol. The van der Waals surface area contributed by atoms with Gasteiger partial charge in [0.15, 0.2) is 0 Å². The minimum atomic E-state index is -0.290. The summed E-state index contributed by atoms with van der Waals surface area (Å²) in [5.74, 6) is -0.487. The Morgan fingerprint density at radius 1 is 1.10 bits per heavy atom. The van der Waals surface area contributed by atoms with Gasteiger partial charge in [-0.2, -0.15) is 5.10 Å². The van der Waals surface area contributed by atoms with Crippen LogP contribution in [0, 0.1) is 0 Å². The maximum Gasteiger partial charge on any atom is 0.305 e. The number of carbonyl (C=O) groups excluding carboxylic acids is 2. The number of aromatic amines is 1. The zero-order valence-electron chi connectivity index (χ0n) is 15.7. The Kier molecular flexibility index (Phi) is 6.90. The van der Waals surface area contributed by atoms with Crippen molar-refractivity contribution in [3.63, 3.8) is 0 Å². The van der Waals surface area contributed by atoms with Crippen molar-refractivity contribution in [3.05, 3.63) is 64.1 Å². The van der Waals surface area contributed by atoms with Crippen molar-refractivity contribution in [2.75, 3.05) is 13.7 Å². The molecule has 0 saturated carbocycles. The molecule has 6 nitrogen and oxygen atoms in total. The number of hydrogen-bond acceptors (Lipinski definition) is 4. The standard InChI is InChI=1S/C21H19Cl2N3O3/c1-29-20(27)3-2-10-24-21(28)14-6-4-13(5-7-14)18-12-19(26-25-18)16-9-8-15(22)11-17(16)23/h4-9,11-12H,2-3,10H2,1H3,(H,24,28)(H,25,26). The van der Waals surface area contributed by atoms with Crippen molar-refractivity contribution in [1.29, 1.82) is 0 Å². The molecule has 0 saturated heterocycles. The fraction of sp³-hybridized carbons (Fsp3) is 0.190. The van der Waals surface area contributed by atoms with Gasteiger partial charge in [0.2, 0.25) is 0 Å². The van der Waals surface area contributed by atoms with Gasteiger partial charge in [0.1, 0.15) is 0 Å². The Labute approximate surface area is 178 Å². The number of benzene rings is 2. The van der Waals surface area contributed by atoms with E-state index in [9.17, 15) is 9.59 Å². The van der Waals surface area contributed by atoms with E-state index >= 15 is 0 Å². The minimum Gasteiger partial charge on any atom is -0.469 e.